The van der Waals surface area contributed by atoms with Gasteiger partial charge < -0.3 is 14.6 Å². The van der Waals surface area contributed by atoms with Crippen LogP contribution < -0.4 is 10.2 Å². The van der Waals surface area contributed by atoms with Crippen LogP contribution in [0.15, 0.2) is 10.6 Å². The van der Waals surface area contributed by atoms with Gasteiger partial charge in [-0.2, -0.15) is 15.0 Å². The lowest BCUT2D eigenvalue weighted by atomic mass is 10.5. The molecule has 0 saturated carbocycles. The number of aryl methyl sites for hydroxylation is 1. The van der Waals surface area contributed by atoms with Gasteiger partial charge in [0.2, 0.25) is 23.1 Å². The highest BCUT2D eigenvalue weighted by molar-refractivity contribution is 6.28. The lowest BCUT2D eigenvalue weighted by Gasteiger charge is -2.18. The Morgan fingerprint density at radius 2 is 2.00 bits per heavy atom. The number of nitrogens with zero attached hydrogens (tertiary/aromatic N) is 5. The van der Waals surface area contributed by atoms with E-state index in [9.17, 15) is 0 Å². The van der Waals surface area contributed by atoms with E-state index in [4.69, 9.17) is 16.0 Å². The van der Waals surface area contributed by atoms with Crippen molar-refractivity contribution in [3.8, 4) is 0 Å². The average Bonchev–Trinajstić information content (AvgIpc) is 2.83. The van der Waals surface area contributed by atoms with E-state index in [0.717, 1.165) is 18.8 Å². The van der Waals surface area contributed by atoms with Crippen LogP contribution in [0.3, 0.4) is 0 Å². The Morgan fingerprint density at radius 1 is 1.25 bits per heavy atom. The van der Waals surface area contributed by atoms with Gasteiger partial charge in [0.05, 0.1) is 12.7 Å². The number of hydrogen-bond acceptors (Lipinski definition) is 7. The number of anilines is 2. The Bertz CT molecular complexity index is 569. The van der Waals surface area contributed by atoms with Crippen molar-refractivity contribution in [2.24, 2.45) is 0 Å². The van der Waals surface area contributed by atoms with Crippen LogP contribution in [0, 0.1) is 6.92 Å². The van der Waals surface area contributed by atoms with E-state index in [2.05, 4.69) is 25.3 Å². The Hall–Kier alpha value is -1.89. The SMILES string of the molecule is CCN(CC)c1nc(Cl)nc(NCc2ncc(C)o2)n1. The maximum atomic E-state index is 5.93. The lowest BCUT2D eigenvalue weighted by molar-refractivity contribution is 0.478. The molecule has 0 fully saturated rings. The van der Waals surface area contributed by atoms with E-state index in [-0.39, 0.29) is 5.28 Å². The van der Waals surface area contributed by atoms with E-state index in [1.54, 1.807) is 6.20 Å². The third-order valence-electron chi connectivity index (χ3n) is 2.71. The Balaban J connectivity index is 2.11. The van der Waals surface area contributed by atoms with Gasteiger partial charge in [0.1, 0.15) is 5.76 Å². The van der Waals surface area contributed by atoms with Gasteiger partial charge in [-0.1, -0.05) is 0 Å². The fraction of sp³-hybridized carbons (Fsp3) is 0.500. The molecule has 0 aliphatic heterocycles. The molecule has 0 atom stereocenters. The summed E-state index contributed by atoms with van der Waals surface area (Å²) in [6, 6.07) is 0. The van der Waals surface area contributed by atoms with Gasteiger partial charge >= 0.3 is 0 Å². The first-order chi connectivity index (χ1) is 9.62. The van der Waals surface area contributed by atoms with Crippen molar-refractivity contribution >= 4 is 23.5 Å². The van der Waals surface area contributed by atoms with Crippen LogP contribution in [-0.4, -0.2) is 33.0 Å². The fourth-order valence-corrected chi connectivity index (χ4v) is 1.86. The molecule has 0 radical (unpaired) electrons. The van der Waals surface area contributed by atoms with Crippen molar-refractivity contribution in [1.82, 2.24) is 19.9 Å². The van der Waals surface area contributed by atoms with Crippen molar-refractivity contribution in [2.75, 3.05) is 23.3 Å². The van der Waals surface area contributed by atoms with Crippen LogP contribution in [0.4, 0.5) is 11.9 Å². The molecule has 0 saturated heterocycles. The van der Waals surface area contributed by atoms with E-state index >= 15 is 0 Å². The molecule has 2 rings (SSSR count). The average molecular weight is 297 g/mol. The zero-order valence-corrected chi connectivity index (χ0v) is 12.5. The first-order valence-corrected chi connectivity index (χ1v) is 6.81. The van der Waals surface area contributed by atoms with Crippen molar-refractivity contribution < 1.29 is 4.42 Å². The monoisotopic (exact) mass is 296 g/mol. The van der Waals surface area contributed by atoms with Crippen LogP contribution in [0.5, 0.6) is 0 Å². The highest BCUT2D eigenvalue weighted by Crippen LogP contribution is 2.14. The highest BCUT2D eigenvalue weighted by atomic mass is 35.5. The predicted octanol–water partition coefficient (Wildman–Crippen LogP) is 2.28. The Morgan fingerprint density at radius 3 is 2.60 bits per heavy atom. The molecule has 2 heterocycles. The molecule has 0 spiro atoms. The molecule has 0 amide bonds. The van der Waals surface area contributed by atoms with E-state index in [0.29, 0.717) is 24.3 Å². The molecule has 1 N–H and O–H groups in total. The molecule has 0 unspecified atom stereocenters. The van der Waals surface area contributed by atoms with Gasteiger partial charge in [0.25, 0.3) is 0 Å². The van der Waals surface area contributed by atoms with Crippen molar-refractivity contribution in [1.29, 1.82) is 0 Å². The molecule has 0 aliphatic carbocycles. The summed E-state index contributed by atoms with van der Waals surface area (Å²) in [5, 5.41) is 3.19. The van der Waals surface area contributed by atoms with E-state index in [1.807, 2.05) is 25.7 Å². The van der Waals surface area contributed by atoms with E-state index < -0.39 is 0 Å². The smallest absolute Gasteiger partial charge is 0.231 e. The van der Waals surface area contributed by atoms with Crippen LogP contribution in [-0.2, 0) is 6.54 Å². The molecule has 20 heavy (non-hydrogen) atoms. The molecule has 7 nitrogen and oxygen atoms in total. The largest absolute Gasteiger partial charge is 0.444 e. The first kappa shape index (κ1) is 14.5. The molecular formula is C12H17ClN6O. The number of halogens is 1. The predicted molar refractivity (Wildman–Crippen MR) is 77.0 cm³/mol. The molecule has 8 heteroatoms. The number of hydrogen-bond donors (Lipinski definition) is 1. The topological polar surface area (TPSA) is 80.0 Å². The number of oxazole rings is 1. The molecule has 0 aliphatic rings. The second-order valence-corrected chi connectivity index (χ2v) is 4.46. The second kappa shape index (κ2) is 6.51. The summed E-state index contributed by atoms with van der Waals surface area (Å²) in [6.07, 6.45) is 1.67. The third-order valence-corrected chi connectivity index (χ3v) is 2.88. The van der Waals surface area contributed by atoms with Crippen LogP contribution >= 0.6 is 11.6 Å². The summed E-state index contributed by atoms with van der Waals surface area (Å²) < 4.78 is 5.37. The minimum Gasteiger partial charge on any atom is -0.444 e. The van der Waals surface area contributed by atoms with Crippen LogP contribution in [0.2, 0.25) is 5.28 Å². The van der Waals surface area contributed by atoms with Gasteiger partial charge in [0, 0.05) is 13.1 Å². The van der Waals surface area contributed by atoms with Crippen LogP contribution in [0.25, 0.3) is 0 Å². The standard InChI is InChI=1S/C12H17ClN6O/c1-4-19(5-2)12-17-10(13)16-11(18-12)15-7-9-14-6-8(3)20-9/h6H,4-5,7H2,1-3H3,(H,15,16,17,18). The summed E-state index contributed by atoms with van der Waals surface area (Å²) in [5.74, 6) is 2.30. The minimum atomic E-state index is 0.160. The molecule has 2 aromatic heterocycles. The Kier molecular flexibility index (Phi) is 4.73. The van der Waals surface area contributed by atoms with Gasteiger partial charge in [-0.05, 0) is 32.4 Å². The van der Waals surface area contributed by atoms with E-state index in [1.165, 1.54) is 0 Å². The molecule has 2 aromatic rings. The number of nitrogens with one attached hydrogen (secondary N) is 1. The zero-order chi connectivity index (χ0) is 14.5. The highest BCUT2D eigenvalue weighted by Gasteiger charge is 2.10. The Labute approximate surface area is 122 Å². The number of rotatable bonds is 6. The van der Waals surface area contributed by atoms with Crippen molar-refractivity contribution in [2.45, 2.75) is 27.3 Å². The second-order valence-electron chi connectivity index (χ2n) is 4.12. The van der Waals surface area contributed by atoms with Crippen molar-refractivity contribution in [3.05, 3.63) is 23.1 Å². The maximum absolute atomic E-state index is 5.93. The molecule has 0 aromatic carbocycles. The fourth-order valence-electron chi connectivity index (χ4n) is 1.70. The molecule has 108 valence electrons. The maximum Gasteiger partial charge on any atom is 0.231 e. The summed E-state index contributed by atoms with van der Waals surface area (Å²) in [4.78, 5) is 18.6. The van der Waals surface area contributed by atoms with Crippen molar-refractivity contribution in [3.63, 3.8) is 0 Å². The lowest BCUT2D eigenvalue weighted by Crippen LogP contribution is -2.25. The summed E-state index contributed by atoms with van der Waals surface area (Å²) in [5.41, 5.74) is 0. The summed E-state index contributed by atoms with van der Waals surface area (Å²) >= 11 is 5.93. The first-order valence-electron chi connectivity index (χ1n) is 6.44. The normalized spacial score (nSPS) is 10.6. The molecular weight excluding hydrogens is 280 g/mol. The quantitative estimate of drug-likeness (QED) is 0.876. The summed E-state index contributed by atoms with van der Waals surface area (Å²) in [7, 11) is 0. The zero-order valence-electron chi connectivity index (χ0n) is 11.7. The molecule has 0 bridgehead atoms. The minimum absolute atomic E-state index is 0.160. The summed E-state index contributed by atoms with van der Waals surface area (Å²) in [6.45, 7) is 7.90. The van der Waals surface area contributed by atoms with Crippen LogP contribution in [0.1, 0.15) is 25.5 Å². The van der Waals surface area contributed by atoms with Gasteiger partial charge in [-0.25, -0.2) is 4.98 Å². The van der Waals surface area contributed by atoms with Gasteiger partial charge in [-0.15, -0.1) is 0 Å². The van der Waals surface area contributed by atoms with Gasteiger partial charge in [-0.3, -0.25) is 0 Å². The third kappa shape index (κ3) is 3.57. The number of aromatic nitrogens is 4. The van der Waals surface area contributed by atoms with Gasteiger partial charge in [0.15, 0.2) is 0 Å².